The summed E-state index contributed by atoms with van der Waals surface area (Å²) in [5.74, 6) is 0. The molecular weight excluding hydrogens is 440 g/mol. The number of nitrogens with zero attached hydrogens (tertiary/aromatic N) is 4. The quantitative estimate of drug-likeness (QED) is 0.354. The van der Waals surface area contributed by atoms with Crippen molar-refractivity contribution in [1.82, 2.24) is 0 Å². The summed E-state index contributed by atoms with van der Waals surface area (Å²) in [5, 5.41) is 0. The molecule has 0 radical (unpaired) electrons. The van der Waals surface area contributed by atoms with E-state index in [4.69, 9.17) is 0 Å². The third kappa shape index (κ3) is 10.2. The van der Waals surface area contributed by atoms with E-state index in [1.807, 2.05) is 0 Å². The molecule has 0 aliphatic carbocycles. The van der Waals surface area contributed by atoms with Crippen molar-refractivity contribution in [3.63, 3.8) is 0 Å². The average molecular weight is 513 g/mol. The molecule has 0 spiro atoms. The van der Waals surface area contributed by atoms with E-state index in [1.54, 1.807) is 0 Å². The van der Waals surface area contributed by atoms with Crippen LogP contribution in [0.15, 0.2) is 0 Å². The fraction of sp³-hybridized carbons (Fsp3) is 1.00. The molecule has 1 heterocycles. The van der Waals surface area contributed by atoms with Crippen molar-refractivity contribution in [2.45, 2.75) is 129 Å². The van der Waals surface area contributed by atoms with E-state index in [1.165, 1.54) is 121 Å². The lowest BCUT2D eigenvalue weighted by molar-refractivity contribution is -0.971. The molecule has 1 saturated heterocycles. The van der Waals surface area contributed by atoms with Crippen molar-refractivity contribution in [1.29, 1.82) is 0 Å². The van der Waals surface area contributed by atoms with Crippen LogP contribution < -0.4 is 0 Å². The highest BCUT2D eigenvalue weighted by Gasteiger charge is 2.37. The fourth-order valence-corrected chi connectivity index (χ4v) is 7.39. The van der Waals surface area contributed by atoms with Crippen molar-refractivity contribution in [3.8, 4) is 0 Å². The van der Waals surface area contributed by atoms with E-state index in [9.17, 15) is 0 Å². The van der Waals surface area contributed by atoms with Gasteiger partial charge in [0.2, 0.25) is 0 Å². The predicted molar refractivity (Wildman–Crippen MR) is 161 cm³/mol. The highest BCUT2D eigenvalue weighted by molar-refractivity contribution is 4.67. The van der Waals surface area contributed by atoms with Gasteiger partial charge in [0, 0.05) is 0 Å². The monoisotopic (exact) mass is 513 g/mol. The van der Waals surface area contributed by atoms with E-state index in [2.05, 4.69) is 84.1 Å². The Kier molecular flexibility index (Phi) is 14.0. The number of hydrogen-bond acceptors (Lipinski definition) is 0. The van der Waals surface area contributed by atoms with Gasteiger partial charge >= 0.3 is 0 Å². The van der Waals surface area contributed by atoms with Gasteiger partial charge in [-0.25, -0.2) is 0 Å². The van der Waals surface area contributed by atoms with Crippen LogP contribution in [0.4, 0.5) is 0 Å². The summed E-state index contributed by atoms with van der Waals surface area (Å²) >= 11 is 0. The van der Waals surface area contributed by atoms with Gasteiger partial charge in [-0.15, -0.1) is 0 Å². The molecule has 36 heavy (non-hydrogen) atoms. The molecule has 0 aromatic heterocycles. The zero-order valence-corrected chi connectivity index (χ0v) is 27.4. The maximum absolute atomic E-state index is 2.54. The van der Waals surface area contributed by atoms with Gasteiger partial charge < -0.3 is 17.9 Å². The first-order valence-corrected chi connectivity index (χ1v) is 16.0. The van der Waals surface area contributed by atoms with Gasteiger partial charge in [0.25, 0.3) is 0 Å². The van der Waals surface area contributed by atoms with E-state index in [-0.39, 0.29) is 0 Å². The van der Waals surface area contributed by atoms with Crippen LogP contribution in [0.2, 0.25) is 0 Å². The molecule has 1 aliphatic heterocycles. The van der Waals surface area contributed by atoms with E-state index in [0.717, 1.165) is 24.2 Å². The van der Waals surface area contributed by atoms with Crippen LogP contribution in [0.25, 0.3) is 0 Å². The number of hydrogen-bond donors (Lipinski definition) is 0. The molecular formula is C32H72N4+4. The van der Waals surface area contributed by atoms with Crippen molar-refractivity contribution in [3.05, 3.63) is 0 Å². The summed E-state index contributed by atoms with van der Waals surface area (Å²) in [6, 6.07) is 3.17. The Hall–Kier alpha value is -0.160. The van der Waals surface area contributed by atoms with Crippen LogP contribution in [0.3, 0.4) is 0 Å². The Morgan fingerprint density at radius 2 is 0.667 bits per heavy atom. The molecule has 0 aromatic carbocycles. The standard InChI is InChI=1S/C32H72N4/c1-13-19-31-23-17-21-29(15-3)33(5,6)25-26-34(7,8)30(16-4)22-18-24-32(20-14-2)36(11,12)28-27-35(31,9)10/h29-32H,13-28H2,1-12H3/q+4. The predicted octanol–water partition coefficient (Wildman–Crippen LogP) is 6.54. The molecule has 1 rings (SSSR count). The van der Waals surface area contributed by atoms with Gasteiger partial charge in [0.1, 0.15) is 26.2 Å². The van der Waals surface area contributed by atoms with E-state index < -0.39 is 0 Å². The largest absolute Gasteiger partial charge is 0.321 e. The molecule has 4 heteroatoms. The molecule has 0 N–H and O–H groups in total. The molecule has 1 fully saturated rings. The second-order valence-corrected chi connectivity index (χ2v) is 14.9. The summed E-state index contributed by atoms with van der Waals surface area (Å²) < 4.78 is 4.78. The Balaban J connectivity index is 3.23. The van der Waals surface area contributed by atoms with Crippen molar-refractivity contribution >= 4 is 0 Å². The molecule has 0 amide bonds. The first-order valence-electron chi connectivity index (χ1n) is 16.0. The zero-order chi connectivity index (χ0) is 27.6. The normalized spacial score (nSPS) is 32.3. The maximum Gasteiger partial charge on any atom is 0.128 e. The molecule has 0 aromatic rings. The van der Waals surface area contributed by atoms with Crippen LogP contribution in [0.5, 0.6) is 0 Å². The summed E-state index contributed by atoms with van der Waals surface area (Å²) in [5.41, 5.74) is 0. The minimum Gasteiger partial charge on any atom is -0.321 e. The van der Waals surface area contributed by atoms with Gasteiger partial charge in [0.15, 0.2) is 0 Å². The second kappa shape index (κ2) is 14.8. The van der Waals surface area contributed by atoms with E-state index in [0.29, 0.717) is 0 Å². The maximum atomic E-state index is 2.54. The smallest absolute Gasteiger partial charge is 0.128 e. The van der Waals surface area contributed by atoms with Crippen LogP contribution in [-0.2, 0) is 0 Å². The third-order valence-corrected chi connectivity index (χ3v) is 10.8. The fourth-order valence-electron chi connectivity index (χ4n) is 7.39. The molecule has 4 unspecified atom stereocenters. The van der Waals surface area contributed by atoms with Crippen molar-refractivity contribution < 1.29 is 17.9 Å². The Morgan fingerprint density at radius 3 is 0.917 bits per heavy atom. The van der Waals surface area contributed by atoms with Gasteiger partial charge in [-0.3, -0.25) is 0 Å². The Morgan fingerprint density at radius 1 is 0.417 bits per heavy atom. The summed E-state index contributed by atoms with van der Waals surface area (Å²) in [6.07, 6.45) is 16.3. The lowest BCUT2D eigenvalue weighted by Gasteiger charge is -2.45. The SMILES string of the molecule is CCCC1CCCC(CC)[N+](C)(C)CC[N+](C)(C)C(CC)CCCC(CCC)[N+](C)(C)CC[N+]1(C)C. The lowest BCUT2D eigenvalue weighted by atomic mass is 9.95. The summed E-state index contributed by atoms with van der Waals surface area (Å²) in [7, 11) is 20.2. The van der Waals surface area contributed by atoms with Gasteiger partial charge in [-0.1, -0.05) is 40.5 Å². The van der Waals surface area contributed by atoms with Gasteiger partial charge in [-0.2, -0.15) is 0 Å². The lowest BCUT2D eigenvalue weighted by Crippen LogP contribution is -2.59. The molecule has 1 aliphatic rings. The van der Waals surface area contributed by atoms with Crippen LogP contribution >= 0.6 is 0 Å². The minimum absolute atomic E-state index is 0.784. The number of rotatable bonds is 6. The minimum atomic E-state index is 0.784. The van der Waals surface area contributed by atoms with E-state index >= 15 is 0 Å². The summed E-state index contributed by atoms with van der Waals surface area (Å²) in [6.45, 7) is 14.8. The molecule has 0 saturated carbocycles. The number of likely N-dealkylation sites (N-methyl/N-ethyl adjacent to an activating group) is 4. The first-order chi connectivity index (χ1) is 16.7. The average Bonchev–Trinajstić information content (AvgIpc) is 2.80. The van der Waals surface area contributed by atoms with Crippen molar-refractivity contribution in [2.24, 2.45) is 0 Å². The molecule has 4 nitrogen and oxygen atoms in total. The topological polar surface area (TPSA) is 0 Å². The Labute approximate surface area is 229 Å². The number of quaternary nitrogens is 4. The van der Waals surface area contributed by atoms with Crippen LogP contribution in [0, 0.1) is 0 Å². The first kappa shape index (κ1) is 33.9. The van der Waals surface area contributed by atoms with Crippen LogP contribution in [0.1, 0.15) is 105 Å². The van der Waals surface area contributed by atoms with Crippen molar-refractivity contribution in [2.75, 3.05) is 82.6 Å². The highest BCUT2D eigenvalue weighted by Crippen LogP contribution is 2.27. The summed E-state index contributed by atoms with van der Waals surface area (Å²) in [4.78, 5) is 0. The van der Waals surface area contributed by atoms with Gasteiger partial charge in [0.05, 0.1) is 80.5 Å². The molecule has 0 bridgehead atoms. The third-order valence-electron chi connectivity index (χ3n) is 10.8. The van der Waals surface area contributed by atoms with Crippen LogP contribution in [-0.4, -0.2) is 125 Å². The Bertz CT molecular complexity index is 543. The van der Waals surface area contributed by atoms with Gasteiger partial charge in [-0.05, 0) is 64.2 Å². The molecule has 216 valence electrons. The highest BCUT2D eigenvalue weighted by atomic mass is 15.4. The second-order valence-electron chi connectivity index (χ2n) is 14.9. The zero-order valence-electron chi connectivity index (χ0n) is 27.4. The molecule has 4 atom stereocenters.